The normalized spacial score (nSPS) is 11.7. The van der Waals surface area contributed by atoms with Crippen LogP contribution < -0.4 is 35.2 Å². The second kappa shape index (κ2) is 12.9. The fourth-order valence-corrected chi connectivity index (χ4v) is 27.1. The Balaban J connectivity index is 1.53. The monoisotopic (exact) mass is 700 g/mol. The van der Waals surface area contributed by atoms with Gasteiger partial charge in [-0.3, -0.25) is 0 Å². The van der Waals surface area contributed by atoms with E-state index in [0.29, 0.717) is 0 Å². The molecule has 0 spiro atoms. The van der Waals surface area contributed by atoms with Crippen LogP contribution in [0.5, 0.6) is 0 Å². The number of benzene rings is 7. The van der Waals surface area contributed by atoms with Crippen molar-refractivity contribution in [3.63, 3.8) is 0 Å². The Morgan fingerprint density at radius 3 is 0.622 bits per heavy atom. The first-order valence-corrected chi connectivity index (χ1v) is 24.1. The molecule has 0 unspecified atom stereocenters. The third-order valence-electron chi connectivity index (χ3n) is 9.27. The molecule has 0 aliphatic rings. The van der Waals surface area contributed by atoms with Crippen LogP contribution in [0.4, 0.5) is 0 Å². The molecule has 7 aromatic carbocycles. The van der Waals surface area contributed by atoms with Gasteiger partial charge in [0.05, 0.1) is 0 Å². The first kappa shape index (κ1) is 29.3. The molecule has 0 atom stereocenters. The molecule has 0 heterocycles. The number of aryl methyl sites for hydroxylation is 1. The molecule has 7 aromatic rings. The van der Waals surface area contributed by atoms with Gasteiger partial charge in [0.2, 0.25) is 0 Å². The molecule has 0 fully saturated rings. The van der Waals surface area contributed by atoms with Crippen LogP contribution in [-0.2, 0) is 0 Å². The van der Waals surface area contributed by atoms with E-state index < -0.39 is 26.5 Å². The molecule has 0 amide bonds. The zero-order valence-electron chi connectivity index (χ0n) is 25.6. The van der Waals surface area contributed by atoms with E-state index in [1.54, 1.807) is 0 Å². The second-order valence-corrected chi connectivity index (χ2v) is 27.8. The van der Waals surface area contributed by atoms with Gasteiger partial charge in [0.15, 0.2) is 0 Å². The van der Waals surface area contributed by atoms with E-state index in [2.05, 4.69) is 207 Å². The average molecular weight is 698 g/mol. The third-order valence-corrected chi connectivity index (χ3v) is 29.4. The van der Waals surface area contributed by atoms with Crippen molar-refractivity contribution in [3.8, 4) is 0 Å². The van der Waals surface area contributed by atoms with Crippen LogP contribution >= 0.6 is 0 Å². The number of hydrogen-bond donors (Lipinski definition) is 0. The van der Waals surface area contributed by atoms with Gasteiger partial charge in [-0.1, -0.05) is 0 Å². The van der Waals surface area contributed by atoms with Crippen LogP contribution in [0.25, 0.3) is 0 Å². The molecule has 0 aromatic heterocycles. The fourth-order valence-electron chi connectivity index (χ4n) is 7.21. The molecule has 0 aliphatic heterocycles. The van der Waals surface area contributed by atoms with Crippen molar-refractivity contribution >= 4 is 61.7 Å². The van der Waals surface area contributed by atoms with Gasteiger partial charge in [0.25, 0.3) is 0 Å². The van der Waals surface area contributed by atoms with Crippen molar-refractivity contribution in [1.29, 1.82) is 0 Å². The first-order chi connectivity index (χ1) is 22.2. The van der Waals surface area contributed by atoms with Crippen molar-refractivity contribution < 1.29 is 0 Å². The molecule has 0 bridgehead atoms. The van der Waals surface area contributed by atoms with Gasteiger partial charge in [-0.05, 0) is 0 Å². The Bertz CT molecular complexity index is 1820. The van der Waals surface area contributed by atoms with Crippen molar-refractivity contribution in [2.24, 2.45) is 0 Å². The summed E-state index contributed by atoms with van der Waals surface area (Å²) in [4.78, 5) is 0. The van der Waals surface area contributed by atoms with Gasteiger partial charge in [-0.2, -0.15) is 0 Å². The van der Waals surface area contributed by atoms with Crippen molar-refractivity contribution in [1.82, 2.24) is 0 Å². The predicted molar refractivity (Wildman–Crippen MR) is 198 cm³/mol. The molecule has 0 radical (unpaired) electrons. The van der Waals surface area contributed by atoms with Gasteiger partial charge in [-0.25, -0.2) is 0 Å². The van der Waals surface area contributed by atoms with E-state index in [-0.39, 0.29) is 0 Å². The summed E-state index contributed by atoms with van der Waals surface area (Å²) in [7, 11) is 0. The SMILES string of the molecule is Cc1cc[c]([Ge]([c]2ccccc2)([c]2ccccc2)[c]2cc[c]([Ge]([c]3ccccc3)([c]3ccccc3)[c]3ccccc3)cc2)cc1. The van der Waals surface area contributed by atoms with E-state index >= 15 is 0 Å². The first-order valence-electron chi connectivity index (χ1n) is 15.7. The van der Waals surface area contributed by atoms with Crippen LogP contribution in [0, 0.1) is 6.92 Å². The molecule has 0 aliphatic carbocycles. The minimum absolute atomic E-state index is 1.29. The third kappa shape index (κ3) is 5.22. The number of rotatable bonds is 8. The molecule has 0 N–H and O–H groups in total. The zero-order chi connectivity index (χ0) is 30.5. The van der Waals surface area contributed by atoms with E-state index in [9.17, 15) is 0 Å². The molecule has 7 rings (SSSR count). The van der Waals surface area contributed by atoms with E-state index in [0.717, 1.165) is 0 Å². The van der Waals surface area contributed by atoms with Crippen molar-refractivity contribution in [2.45, 2.75) is 6.92 Å². The molecule has 45 heavy (non-hydrogen) atoms. The summed E-state index contributed by atoms with van der Waals surface area (Å²) in [6.07, 6.45) is 0. The van der Waals surface area contributed by atoms with Gasteiger partial charge in [-0.15, -0.1) is 0 Å². The fraction of sp³-hybridized carbons (Fsp3) is 0.0233. The molecular formula is C43H36Ge2. The van der Waals surface area contributed by atoms with E-state index in [1.807, 2.05) is 0 Å². The van der Waals surface area contributed by atoms with Crippen LogP contribution in [0.2, 0.25) is 0 Å². The van der Waals surface area contributed by atoms with Gasteiger partial charge in [0, 0.05) is 0 Å². The van der Waals surface area contributed by atoms with E-state index in [4.69, 9.17) is 0 Å². The molecule has 216 valence electrons. The van der Waals surface area contributed by atoms with E-state index in [1.165, 1.54) is 40.7 Å². The summed E-state index contributed by atoms with van der Waals surface area (Å²) in [5, 5.41) is 0. The van der Waals surface area contributed by atoms with Gasteiger partial charge < -0.3 is 0 Å². The van der Waals surface area contributed by atoms with Crippen LogP contribution in [-0.4, -0.2) is 26.5 Å². The summed E-state index contributed by atoms with van der Waals surface area (Å²) < 4.78 is 11.6. The topological polar surface area (TPSA) is 0 Å². The Hall–Kier alpha value is -4.37. The molecule has 0 nitrogen and oxygen atoms in total. The van der Waals surface area contributed by atoms with Gasteiger partial charge >= 0.3 is 274 Å². The second-order valence-electron chi connectivity index (χ2n) is 11.8. The summed E-state index contributed by atoms with van der Waals surface area (Å²) in [5.41, 5.74) is 1.29. The Labute approximate surface area is 272 Å². The summed E-state index contributed by atoms with van der Waals surface area (Å²) in [6, 6.07) is 75.7. The van der Waals surface area contributed by atoms with Crippen molar-refractivity contribution in [2.75, 3.05) is 0 Å². The van der Waals surface area contributed by atoms with Gasteiger partial charge in [0.1, 0.15) is 0 Å². The predicted octanol–water partition coefficient (Wildman–Crippen LogP) is 4.75. The summed E-state index contributed by atoms with van der Waals surface area (Å²) >= 11 is -6.73. The van der Waals surface area contributed by atoms with Crippen LogP contribution in [0.15, 0.2) is 200 Å². The Morgan fingerprint density at radius 2 is 0.400 bits per heavy atom. The summed E-state index contributed by atoms with van der Waals surface area (Å²) in [5.74, 6) is 0. The Kier molecular flexibility index (Phi) is 8.43. The Morgan fingerprint density at radius 1 is 0.222 bits per heavy atom. The molecule has 2 heteroatoms. The standard InChI is InChI=1S/C43H36Ge2/c1-35-27-29-41(30-28-35)45(39-23-13-5-14-24-39,40-25-15-6-16-26-40)43-33-31-42(32-34-43)44(36-17-7-2-8-18-36,37-19-9-3-10-20-37)38-21-11-4-12-22-38/h2-34H,1H3. The number of hydrogen-bond acceptors (Lipinski definition) is 0. The quantitative estimate of drug-likeness (QED) is 0.201. The average Bonchev–Trinajstić information content (AvgIpc) is 3.13. The van der Waals surface area contributed by atoms with Crippen LogP contribution in [0.1, 0.15) is 5.56 Å². The maximum atomic E-state index is 2.49. The minimum atomic E-state index is -3.37. The molecule has 0 saturated carbocycles. The molecular weight excluding hydrogens is 662 g/mol. The zero-order valence-corrected chi connectivity index (χ0v) is 29.7. The summed E-state index contributed by atoms with van der Waals surface area (Å²) in [6.45, 7) is 2.18. The van der Waals surface area contributed by atoms with Crippen molar-refractivity contribution in [3.05, 3.63) is 206 Å². The van der Waals surface area contributed by atoms with Crippen LogP contribution in [0.3, 0.4) is 0 Å². The molecule has 0 saturated heterocycles. The maximum absolute atomic E-state index is 3.37.